The second-order valence-corrected chi connectivity index (χ2v) is 4.91. The van der Waals surface area contributed by atoms with E-state index in [9.17, 15) is 4.79 Å². The van der Waals surface area contributed by atoms with Gasteiger partial charge in [0.1, 0.15) is 0 Å². The van der Waals surface area contributed by atoms with Crippen LogP contribution in [0.25, 0.3) is 0 Å². The van der Waals surface area contributed by atoms with E-state index < -0.39 is 0 Å². The van der Waals surface area contributed by atoms with E-state index in [-0.39, 0.29) is 5.91 Å². The van der Waals surface area contributed by atoms with E-state index in [1.54, 1.807) is 7.05 Å². The van der Waals surface area contributed by atoms with Crippen LogP contribution in [-0.2, 0) is 0 Å². The molecule has 1 amide bonds. The number of carbonyl (C=O) groups is 1. The molecule has 98 valence electrons. The van der Waals surface area contributed by atoms with Crippen LogP contribution in [-0.4, -0.2) is 44.0 Å². The van der Waals surface area contributed by atoms with Gasteiger partial charge in [-0.25, -0.2) is 0 Å². The highest BCUT2D eigenvalue weighted by Gasteiger charge is 2.16. The van der Waals surface area contributed by atoms with E-state index in [4.69, 9.17) is 0 Å². The molecule has 0 bridgehead atoms. The van der Waals surface area contributed by atoms with E-state index in [0.29, 0.717) is 11.6 Å². The Bertz CT molecular complexity index is 419. The van der Waals surface area contributed by atoms with Crippen LogP contribution in [0.3, 0.4) is 0 Å². The van der Waals surface area contributed by atoms with E-state index in [2.05, 4.69) is 22.6 Å². The van der Waals surface area contributed by atoms with Crippen molar-refractivity contribution in [1.29, 1.82) is 0 Å². The first kappa shape index (κ1) is 12.9. The minimum atomic E-state index is -0.0422. The molecule has 0 saturated carbocycles. The number of likely N-dealkylation sites (tertiary alicyclic amines) is 1. The van der Waals surface area contributed by atoms with Crippen LogP contribution in [0.1, 0.15) is 23.2 Å². The summed E-state index contributed by atoms with van der Waals surface area (Å²) in [6.45, 7) is 2.24. The molecule has 0 spiro atoms. The Kier molecular flexibility index (Phi) is 4.20. The predicted molar refractivity (Wildman–Crippen MR) is 74.0 cm³/mol. The van der Waals surface area contributed by atoms with Crippen LogP contribution in [0, 0.1) is 0 Å². The molecule has 2 rings (SSSR count). The van der Waals surface area contributed by atoms with Gasteiger partial charge in [-0.05, 0) is 44.6 Å². The lowest BCUT2D eigenvalue weighted by Crippen LogP contribution is -2.39. The molecular formula is C14H21N3O. The van der Waals surface area contributed by atoms with Gasteiger partial charge < -0.3 is 15.5 Å². The molecule has 1 heterocycles. The number of hydrogen-bond acceptors (Lipinski definition) is 3. The molecule has 1 fully saturated rings. The number of hydrogen-bond donors (Lipinski definition) is 2. The van der Waals surface area contributed by atoms with Crippen LogP contribution in [0.4, 0.5) is 5.69 Å². The van der Waals surface area contributed by atoms with Gasteiger partial charge in [0, 0.05) is 30.9 Å². The van der Waals surface area contributed by atoms with Crippen molar-refractivity contribution < 1.29 is 4.79 Å². The van der Waals surface area contributed by atoms with Gasteiger partial charge in [0.15, 0.2) is 0 Å². The van der Waals surface area contributed by atoms with Gasteiger partial charge in [-0.15, -0.1) is 0 Å². The molecule has 4 heteroatoms. The maximum atomic E-state index is 11.6. The van der Waals surface area contributed by atoms with Crippen LogP contribution < -0.4 is 10.6 Å². The summed E-state index contributed by atoms with van der Waals surface area (Å²) in [4.78, 5) is 13.9. The van der Waals surface area contributed by atoms with Crippen molar-refractivity contribution >= 4 is 11.6 Å². The molecule has 0 aromatic heterocycles. The maximum Gasteiger partial charge on any atom is 0.251 e. The van der Waals surface area contributed by atoms with Crippen LogP contribution in [0.2, 0.25) is 0 Å². The highest BCUT2D eigenvalue weighted by atomic mass is 16.1. The first-order valence-electron chi connectivity index (χ1n) is 6.46. The van der Waals surface area contributed by atoms with Crippen molar-refractivity contribution in [2.45, 2.75) is 18.9 Å². The Hall–Kier alpha value is -1.55. The van der Waals surface area contributed by atoms with Gasteiger partial charge in [-0.2, -0.15) is 0 Å². The molecule has 2 N–H and O–H groups in total. The van der Waals surface area contributed by atoms with Crippen LogP contribution in [0.5, 0.6) is 0 Å². The molecule has 0 radical (unpaired) electrons. The fourth-order valence-corrected chi connectivity index (χ4v) is 2.41. The number of nitrogens with one attached hydrogen (secondary N) is 2. The molecule has 1 aromatic carbocycles. The van der Waals surface area contributed by atoms with Crippen molar-refractivity contribution in [3.05, 3.63) is 29.8 Å². The quantitative estimate of drug-likeness (QED) is 0.852. The molecule has 1 unspecified atom stereocenters. The summed E-state index contributed by atoms with van der Waals surface area (Å²) in [6.07, 6.45) is 2.41. The van der Waals surface area contributed by atoms with Gasteiger partial charge >= 0.3 is 0 Å². The van der Waals surface area contributed by atoms with Gasteiger partial charge in [-0.3, -0.25) is 4.79 Å². The monoisotopic (exact) mass is 247 g/mol. The number of anilines is 1. The van der Waals surface area contributed by atoms with Gasteiger partial charge in [-0.1, -0.05) is 6.07 Å². The Morgan fingerprint density at radius 3 is 3.00 bits per heavy atom. The Morgan fingerprint density at radius 2 is 2.28 bits per heavy atom. The lowest BCUT2D eigenvalue weighted by atomic mass is 10.1. The molecule has 1 aliphatic heterocycles. The number of carbonyl (C=O) groups excluding carboxylic acids is 1. The van der Waals surface area contributed by atoms with Crippen molar-refractivity contribution in [3.63, 3.8) is 0 Å². The first-order valence-corrected chi connectivity index (χ1v) is 6.46. The summed E-state index contributed by atoms with van der Waals surface area (Å²) >= 11 is 0. The lowest BCUT2D eigenvalue weighted by Gasteiger charge is -2.31. The number of likely N-dealkylation sites (N-methyl/N-ethyl adjacent to an activating group) is 1. The molecule has 18 heavy (non-hydrogen) atoms. The summed E-state index contributed by atoms with van der Waals surface area (Å²) in [5.41, 5.74) is 1.73. The zero-order chi connectivity index (χ0) is 13.0. The third-order valence-corrected chi connectivity index (χ3v) is 3.35. The summed E-state index contributed by atoms with van der Waals surface area (Å²) in [6, 6.07) is 8.15. The molecule has 1 saturated heterocycles. The largest absolute Gasteiger partial charge is 0.381 e. The van der Waals surface area contributed by atoms with E-state index in [1.807, 2.05) is 24.3 Å². The second kappa shape index (κ2) is 5.87. The summed E-state index contributed by atoms with van der Waals surface area (Å²) in [7, 11) is 3.80. The maximum absolute atomic E-state index is 11.6. The Labute approximate surface area is 108 Å². The molecule has 1 aromatic rings. The summed E-state index contributed by atoms with van der Waals surface area (Å²) in [5.74, 6) is -0.0422. The van der Waals surface area contributed by atoms with Crippen molar-refractivity contribution in [1.82, 2.24) is 10.2 Å². The minimum absolute atomic E-state index is 0.0422. The topological polar surface area (TPSA) is 44.4 Å². The van der Waals surface area contributed by atoms with Gasteiger partial charge in [0.25, 0.3) is 5.91 Å². The van der Waals surface area contributed by atoms with Crippen LogP contribution >= 0.6 is 0 Å². The normalized spacial score (nSPS) is 20.4. The predicted octanol–water partition coefficient (Wildman–Crippen LogP) is 1.55. The summed E-state index contributed by atoms with van der Waals surface area (Å²) < 4.78 is 0. The van der Waals surface area contributed by atoms with Crippen molar-refractivity contribution in [3.8, 4) is 0 Å². The number of rotatable bonds is 3. The average Bonchev–Trinajstić information content (AvgIpc) is 2.38. The Morgan fingerprint density at radius 1 is 1.44 bits per heavy atom. The average molecular weight is 247 g/mol. The zero-order valence-corrected chi connectivity index (χ0v) is 11.1. The highest BCUT2D eigenvalue weighted by Crippen LogP contribution is 2.16. The van der Waals surface area contributed by atoms with E-state index in [0.717, 1.165) is 12.2 Å². The first-order chi connectivity index (χ1) is 8.69. The number of nitrogens with zero attached hydrogens (tertiary/aromatic N) is 1. The highest BCUT2D eigenvalue weighted by molar-refractivity contribution is 5.94. The van der Waals surface area contributed by atoms with E-state index in [1.165, 1.54) is 19.4 Å². The Balaban J connectivity index is 2.02. The second-order valence-electron chi connectivity index (χ2n) is 4.91. The van der Waals surface area contributed by atoms with Crippen molar-refractivity contribution in [2.24, 2.45) is 0 Å². The van der Waals surface area contributed by atoms with Crippen molar-refractivity contribution in [2.75, 3.05) is 32.5 Å². The molecular weight excluding hydrogens is 226 g/mol. The number of piperidine rings is 1. The van der Waals surface area contributed by atoms with E-state index >= 15 is 0 Å². The third-order valence-electron chi connectivity index (χ3n) is 3.35. The smallest absolute Gasteiger partial charge is 0.251 e. The molecule has 1 atom stereocenters. The number of amides is 1. The minimum Gasteiger partial charge on any atom is -0.381 e. The number of benzene rings is 1. The van der Waals surface area contributed by atoms with Crippen LogP contribution in [0.15, 0.2) is 24.3 Å². The molecule has 4 nitrogen and oxygen atoms in total. The van der Waals surface area contributed by atoms with Gasteiger partial charge in [0.2, 0.25) is 0 Å². The zero-order valence-electron chi connectivity index (χ0n) is 11.1. The molecule has 1 aliphatic rings. The standard InChI is InChI=1S/C14H21N3O/c1-15-14(18)11-5-3-6-12(9-11)16-13-7-4-8-17(2)10-13/h3,5-6,9,13,16H,4,7-8,10H2,1-2H3,(H,15,18). The lowest BCUT2D eigenvalue weighted by molar-refractivity contribution is 0.0963. The SMILES string of the molecule is CNC(=O)c1cccc(NC2CCCN(C)C2)c1. The fourth-order valence-electron chi connectivity index (χ4n) is 2.41. The van der Waals surface area contributed by atoms with Gasteiger partial charge in [0.05, 0.1) is 0 Å². The third kappa shape index (κ3) is 3.23. The molecule has 0 aliphatic carbocycles. The summed E-state index contributed by atoms with van der Waals surface area (Å²) in [5, 5.41) is 6.15. The fraction of sp³-hybridized carbons (Fsp3) is 0.500.